The largest absolute Gasteiger partial charge is 0.419 e. The van der Waals surface area contributed by atoms with E-state index in [-0.39, 0.29) is 18.8 Å². The van der Waals surface area contributed by atoms with Crippen LogP contribution in [0.3, 0.4) is 0 Å². The van der Waals surface area contributed by atoms with Gasteiger partial charge in [0.2, 0.25) is 0 Å². The van der Waals surface area contributed by atoms with E-state index in [1.54, 1.807) is 0 Å². The van der Waals surface area contributed by atoms with E-state index in [4.69, 9.17) is 0 Å². The van der Waals surface area contributed by atoms with E-state index in [9.17, 15) is 22.0 Å². The van der Waals surface area contributed by atoms with Crippen LogP contribution in [0.1, 0.15) is 23.6 Å². The van der Waals surface area contributed by atoms with Gasteiger partial charge in [0.1, 0.15) is 5.82 Å². The minimum absolute atomic E-state index is 0. The first-order valence-corrected chi connectivity index (χ1v) is 6.81. The molecule has 0 aliphatic carbocycles. The molecule has 1 aliphatic rings. The number of rotatable bonds is 4. The van der Waals surface area contributed by atoms with E-state index in [0.29, 0.717) is 31.7 Å². The normalized spacial score (nSPS) is 17.9. The van der Waals surface area contributed by atoms with Gasteiger partial charge < -0.3 is 5.32 Å². The summed E-state index contributed by atoms with van der Waals surface area (Å²) < 4.78 is 64.4. The minimum atomic E-state index is -4.75. The summed E-state index contributed by atoms with van der Waals surface area (Å²) in [5.74, 6) is -1.30. The Labute approximate surface area is 132 Å². The molecule has 1 saturated heterocycles. The summed E-state index contributed by atoms with van der Waals surface area (Å²) in [6.45, 7) is 2.03. The smallest absolute Gasteiger partial charge is 0.314 e. The van der Waals surface area contributed by atoms with Crippen LogP contribution < -0.4 is 5.32 Å². The quantitative estimate of drug-likeness (QED) is 0.840. The van der Waals surface area contributed by atoms with Crippen molar-refractivity contribution in [3.63, 3.8) is 0 Å². The second kappa shape index (κ2) is 8.08. The van der Waals surface area contributed by atoms with Gasteiger partial charge in [-0.05, 0) is 24.1 Å². The molecule has 1 N–H and O–H groups in total. The van der Waals surface area contributed by atoms with Crippen molar-refractivity contribution in [2.24, 2.45) is 0 Å². The lowest BCUT2D eigenvalue weighted by molar-refractivity contribution is -0.140. The number of alkyl halides is 4. The Morgan fingerprint density at radius 2 is 1.82 bits per heavy atom. The van der Waals surface area contributed by atoms with E-state index >= 15 is 0 Å². The Morgan fingerprint density at radius 3 is 2.36 bits per heavy atom. The molecule has 1 fully saturated rings. The molecule has 8 heteroatoms. The maximum absolute atomic E-state index is 13.3. The fourth-order valence-corrected chi connectivity index (χ4v) is 2.62. The van der Waals surface area contributed by atoms with Crippen LogP contribution in [0.25, 0.3) is 0 Å². The zero-order valence-corrected chi connectivity index (χ0v) is 12.6. The predicted octanol–water partition coefficient (Wildman–Crippen LogP) is 3.57. The lowest BCUT2D eigenvalue weighted by atomic mass is 9.99. The highest BCUT2D eigenvalue weighted by molar-refractivity contribution is 5.85. The zero-order valence-electron chi connectivity index (χ0n) is 11.8. The van der Waals surface area contributed by atoms with E-state index < -0.39 is 30.3 Å². The van der Waals surface area contributed by atoms with Crippen LogP contribution in [0.5, 0.6) is 0 Å². The fraction of sp³-hybridized carbons (Fsp3) is 0.571. The van der Waals surface area contributed by atoms with Crippen LogP contribution >= 0.6 is 12.4 Å². The summed E-state index contributed by atoms with van der Waals surface area (Å²) in [6, 6.07) is 2.47. The standard InChI is InChI=1S/C14H17F5N2.ClH/c15-4-3-13(21-7-5-20-6-8-21)10-1-2-12(16)11(9-10)14(17,18)19;/h1-2,9,13,20H,3-8H2;1H/t13-;/m1./s1. The summed E-state index contributed by atoms with van der Waals surface area (Å²) in [4.78, 5) is 1.93. The van der Waals surface area contributed by atoms with Crippen LogP contribution in [0, 0.1) is 5.82 Å². The zero-order chi connectivity index (χ0) is 15.5. The van der Waals surface area contributed by atoms with Crippen molar-refractivity contribution in [2.45, 2.75) is 18.6 Å². The Morgan fingerprint density at radius 1 is 1.18 bits per heavy atom. The van der Waals surface area contributed by atoms with Crippen LogP contribution in [0.4, 0.5) is 22.0 Å². The highest BCUT2D eigenvalue weighted by Gasteiger charge is 2.35. The monoisotopic (exact) mass is 344 g/mol. The molecule has 0 spiro atoms. The molecule has 2 rings (SSSR count). The Balaban J connectivity index is 0.00000242. The van der Waals surface area contributed by atoms with Crippen molar-refractivity contribution in [2.75, 3.05) is 32.9 Å². The van der Waals surface area contributed by atoms with Crippen LogP contribution in [-0.2, 0) is 6.18 Å². The van der Waals surface area contributed by atoms with Gasteiger partial charge in [0.05, 0.1) is 12.2 Å². The third kappa shape index (κ3) is 4.54. The maximum atomic E-state index is 13.3. The van der Waals surface area contributed by atoms with Crippen LogP contribution in [0.15, 0.2) is 18.2 Å². The van der Waals surface area contributed by atoms with Gasteiger partial charge in [0, 0.05) is 32.2 Å². The second-order valence-electron chi connectivity index (χ2n) is 5.02. The molecule has 1 heterocycles. The average molecular weight is 345 g/mol. The molecular weight excluding hydrogens is 327 g/mol. The molecule has 126 valence electrons. The Hall–Kier alpha value is -0.920. The molecule has 0 radical (unpaired) electrons. The molecule has 0 aromatic heterocycles. The van der Waals surface area contributed by atoms with E-state index in [0.717, 1.165) is 12.1 Å². The highest BCUT2D eigenvalue weighted by Crippen LogP contribution is 2.34. The van der Waals surface area contributed by atoms with E-state index in [1.165, 1.54) is 6.07 Å². The van der Waals surface area contributed by atoms with Crippen molar-refractivity contribution in [3.8, 4) is 0 Å². The van der Waals surface area contributed by atoms with Gasteiger partial charge in [-0.2, -0.15) is 13.2 Å². The van der Waals surface area contributed by atoms with Gasteiger partial charge in [-0.25, -0.2) is 4.39 Å². The van der Waals surface area contributed by atoms with Crippen molar-refractivity contribution in [1.82, 2.24) is 10.2 Å². The fourth-order valence-electron chi connectivity index (χ4n) is 2.62. The molecule has 0 saturated carbocycles. The Bertz CT molecular complexity index is 475. The Kier molecular flexibility index (Phi) is 7.02. The number of piperazine rings is 1. The van der Waals surface area contributed by atoms with Crippen molar-refractivity contribution in [3.05, 3.63) is 35.1 Å². The minimum Gasteiger partial charge on any atom is -0.314 e. The molecule has 1 aromatic rings. The molecule has 0 unspecified atom stereocenters. The highest BCUT2D eigenvalue weighted by atomic mass is 35.5. The molecule has 2 nitrogen and oxygen atoms in total. The summed E-state index contributed by atoms with van der Waals surface area (Å²) in [5.41, 5.74) is -0.984. The summed E-state index contributed by atoms with van der Waals surface area (Å²) in [5, 5.41) is 3.13. The molecule has 1 atom stereocenters. The molecular formula is C14H18ClF5N2. The first-order valence-electron chi connectivity index (χ1n) is 6.81. The van der Waals surface area contributed by atoms with Crippen LogP contribution in [-0.4, -0.2) is 37.8 Å². The number of benzene rings is 1. The first kappa shape index (κ1) is 19.1. The third-order valence-corrected chi connectivity index (χ3v) is 3.66. The van der Waals surface area contributed by atoms with Gasteiger partial charge in [0.25, 0.3) is 0 Å². The first-order chi connectivity index (χ1) is 9.93. The number of nitrogens with one attached hydrogen (secondary N) is 1. The third-order valence-electron chi connectivity index (χ3n) is 3.66. The SMILES string of the molecule is Cl.FCC[C@H](c1ccc(F)c(C(F)(F)F)c1)N1CCNCC1. The van der Waals surface area contributed by atoms with Gasteiger partial charge in [-0.15, -0.1) is 12.4 Å². The molecule has 1 aliphatic heterocycles. The number of hydrogen-bond donors (Lipinski definition) is 1. The molecule has 0 bridgehead atoms. The van der Waals surface area contributed by atoms with Crippen molar-refractivity contribution < 1.29 is 22.0 Å². The van der Waals surface area contributed by atoms with Crippen LogP contribution in [0.2, 0.25) is 0 Å². The molecule has 0 amide bonds. The van der Waals surface area contributed by atoms with Gasteiger partial charge >= 0.3 is 6.18 Å². The number of nitrogens with zero attached hydrogens (tertiary/aromatic N) is 1. The molecule has 1 aromatic carbocycles. The van der Waals surface area contributed by atoms with Crippen molar-refractivity contribution >= 4 is 12.4 Å². The van der Waals surface area contributed by atoms with E-state index in [1.807, 2.05) is 4.90 Å². The van der Waals surface area contributed by atoms with Gasteiger partial charge in [0.15, 0.2) is 0 Å². The summed E-state index contributed by atoms with van der Waals surface area (Å²) >= 11 is 0. The number of halogens is 6. The number of hydrogen-bond acceptors (Lipinski definition) is 2. The topological polar surface area (TPSA) is 15.3 Å². The second-order valence-corrected chi connectivity index (χ2v) is 5.02. The van der Waals surface area contributed by atoms with E-state index in [2.05, 4.69) is 5.32 Å². The lowest BCUT2D eigenvalue weighted by Gasteiger charge is -2.35. The maximum Gasteiger partial charge on any atom is 0.419 e. The van der Waals surface area contributed by atoms with Crippen molar-refractivity contribution in [1.29, 1.82) is 0 Å². The average Bonchev–Trinajstić information content (AvgIpc) is 2.45. The lowest BCUT2D eigenvalue weighted by Crippen LogP contribution is -2.45. The van der Waals surface area contributed by atoms with Gasteiger partial charge in [-0.1, -0.05) is 6.07 Å². The summed E-state index contributed by atoms with van der Waals surface area (Å²) in [7, 11) is 0. The van der Waals surface area contributed by atoms with Gasteiger partial charge in [-0.3, -0.25) is 9.29 Å². The molecule has 22 heavy (non-hydrogen) atoms. The predicted molar refractivity (Wildman–Crippen MR) is 76.4 cm³/mol. The summed E-state index contributed by atoms with van der Waals surface area (Å²) in [6.07, 6.45) is -4.65.